The molecule has 1 saturated heterocycles. The van der Waals surface area contributed by atoms with Crippen molar-refractivity contribution >= 4 is 56.0 Å². The van der Waals surface area contributed by atoms with Crippen molar-refractivity contribution in [2.75, 3.05) is 11.4 Å². The van der Waals surface area contributed by atoms with Crippen molar-refractivity contribution in [1.29, 1.82) is 0 Å². The van der Waals surface area contributed by atoms with Crippen LogP contribution in [0.1, 0.15) is 22.3 Å². The normalized spacial score (nSPS) is 15.9. The predicted octanol–water partition coefficient (Wildman–Crippen LogP) is 3.09. The highest BCUT2D eigenvalue weighted by atomic mass is 127. The number of benzene rings is 3. The Kier molecular flexibility index (Phi) is 7.52. The number of hydrogen-bond donors (Lipinski definition) is 1. The standard InChI is InChI=1S/C25H21FIN3O5S/c26-18-5-3-17(4-6-18)24(32)29(14-13-16-1-11-21(12-2-16)36(28,34)35)22-15-23(31)30(25(22)33)20-9-7-19(27)8-10-20/h1-12,22H,13-15H2,(H2,28,34,35). The summed E-state index contributed by atoms with van der Waals surface area (Å²) in [4.78, 5) is 42.0. The number of halogens is 2. The number of carbonyl (C=O) groups is 3. The lowest BCUT2D eigenvalue weighted by Gasteiger charge is -2.28. The molecule has 11 heteroatoms. The lowest BCUT2D eigenvalue weighted by molar-refractivity contribution is -0.122. The van der Waals surface area contributed by atoms with Crippen molar-refractivity contribution in [2.24, 2.45) is 5.14 Å². The molecular formula is C25H21FIN3O5S. The van der Waals surface area contributed by atoms with Gasteiger partial charge in [-0.05, 0) is 95.2 Å². The summed E-state index contributed by atoms with van der Waals surface area (Å²) < 4.78 is 37.4. The highest BCUT2D eigenvalue weighted by Crippen LogP contribution is 2.27. The zero-order chi connectivity index (χ0) is 26.0. The summed E-state index contributed by atoms with van der Waals surface area (Å²) in [5, 5.41) is 5.14. The van der Waals surface area contributed by atoms with Crippen LogP contribution >= 0.6 is 22.6 Å². The van der Waals surface area contributed by atoms with E-state index in [0.29, 0.717) is 11.3 Å². The molecule has 1 aliphatic rings. The highest BCUT2D eigenvalue weighted by molar-refractivity contribution is 14.1. The van der Waals surface area contributed by atoms with E-state index in [0.717, 1.165) is 20.6 Å². The van der Waals surface area contributed by atoms with Crippen LogP contribution in [-0.2, 0) is 26.0 Å². The number of sulfonamides is 1. The summed E-state index contributed by atoms with van der Waals surface area (Å²) in [6, 6.07) is 16.6. The van der Waals surface area contributed by atoms with E-state index in [9.17, 15) is 27.2 Å². The van der Waals surface area contributed by atoms with Crippen molar-refractivity contribution in [3.05, 3.63) is 93.3 Å². The van der Waals surface area contributed by atoms with Gasteiger partial charge in [0.25, 0.3) is 11.8 Å². The largest absolute Gasteiger partial charge is 0.326 e. The van der Waals surface area contributed by atoms with Crippen molar-refractivity contribution in [1.82, 2.24) is 4.90 Å². The number of imide groups is 1. The molecule has 36 heavy (non-hydrogen) atoms. The molecule has 2 N–H and O–H groups in total. The summed E-state index contributed by atoms with van der Waals surface area (Å²) in [6.07, 6.45) is 0.0848. The van der Waals surface area contributed by atoms with E-state index in [1.165, 1.54) is 29.2 Å². The van der Waals surface area contributed by atoms with Crippen LogP contribution in [0.5, 0.6) is 0 Å². The van der Waals surface area contributed by atoms with Crippen LogP contribution in [0, 0.1) is 9.39 Å². The first-order chi connectivity index (χ1) is 17.0. The zero-order valence-corrected chi connectivity index (χ0v) is 21.8. The number of nitrogens with zero attached hydrogens (tertiary/aromatic N) is 2. The van der Waals surface area contributed by atoms with Crippen LogP contribution in [0.4, 0.5) is 10.1 Å². The number of anilines is 1. The van der Waals surface area contributed by atoms with Gasteiger partial charge in [-0.15, -0.1) is 0 Å². The van der Waals surface area contributed by atoms with Gasteiger partial charge in [0, 0.05) is 15.7 Å². The quantitative estimate of drug-likeness (QED) is 0.322. The second-order valence-corrected chi connectivity index (χ2v) is 11.0. The molecule has 1 fully saturated rings. The monoisotopic (exact) mass is 621 g/mol. The molecule has 0 aliphatic carbocycles. The Bertz CT molecular complexity index is 1410. The molecule has 3 aromatic carbocycles. The Balaban J connectivity index is 1.62. The van der Waals surface area contributed by atoms with Gasteiger partial charge in [0.15, 0.2) is 0 Å². The van der Waals surface area contributed by atoms with Crippen molar-refractivity contribution in [2.45, 2.75) is 23.8 Å². The van der Waals surface area contributed by atoms with E-state index in [1.54, 1.807) is 36.4 Å². The molecule has 1 heterocycles. The fourth-order valence-corrected chi connectivity index (χ4v) is 4.85. The summed E-state index contributed by atoms with van der Waals surface area (Å²) in [6.45, 7) is 0.0646. The summed E-state index contributed by atoms with van der Waals surface area (Å²) in [7, 11) is -3.85. The average molecular weight is 621 g/mol. The number of nitrogens with two attached hydrogens (primary N) is 1. The maximum absolute atomic E-state index is 13.4. The molecule has 186 valence electrons. The van der Waals surface area contributed by atoms with E-state index in [4.69, 9.17) is 5.14 Å². The molecule has 0 spiro atoms. The van der Waals surface area contributed by atoms with Gasteiger partial charge in [-0.3, -0.25) is 14.4 Å². The molecule has 8 nitrogen and oxygen atoms in total. The van der Waals surface area contributed by atoms with Crippen LogP contribution in [0.2, 0.25) is 0 Å². The van der Waals surface area contributed by atoms with E-state index >= 15 is 0 Å². The van der Waals surface area contributed by atoms with Crippen LogP contribution < -0.4 is 10.0 Å². The Morgan fingerprint density at radius 3 is 2.19 bits per heavy atom. The molecule has 3 aromatic rings. The Morgan fingerprint density at radius 2 is 1.61 bits per heavy atom. The van der Waals surface area contributed by atoms with Crippen LogP contribution in [0.15, 0.2) is 77.7 Å². The van der Waals surface area contributed by atoms with Gasteiger partial charge in [0.2, 0.25) is 15.9 Å². The third kappa shape index (κ3) is 5.63. The smallest absolute Gasteiger partial charge is 0.257 e. The van der Waals surface area contributed by atoms with Gasteiger partial charge in [-0.25, -0.2) is 22.8 Å². The molecule has 1 aliphatic heterocycles. The average Bonchev–Trinajstić information content (AvgIpc) is 3.13. The minimum Gasteiger partial charge on any atom is -0.326 e. The number of rotatable bonds is 7. The van der Waals surface area contributed by atoms with Crippen molar-refractivity contribution in [3.8, 4) is 0 Å². The summed E-state index contributed by atoms with van der Waals surface area (Å²) in [5.74, 6) is -1.99. The van der Waals surface area contributed by atoms with Crippen molar-refractivity contribution < 1.29 is 27.2 Å². The molecule has 3 amide bonds. The van der Waals surface area contributed by atoms with Crippen LogP contribution in [0.3, 0.4) is 0 Å². The molecule has 1 atom stereocenters. The molecule has 0 saturated carbocycles. The molecule has 4 rings (SSSR count). The van der Waals surface area contributed by atoms with Gasteiger partial charge in [0.05, 0.1) is 17.0 Å². The minimum atomic E-state index is -3.85. The van der Waals surface area contributed by atoms with Gasteiger partial charge in [-0.1, -0.05) is 12.1 Å². The third-order valence-corrected chi connectivity index (χ3v) is 7.48. The maximum Gasteiger partial charge on any atom is 0.257 e. The Labute approximate surface area is 221 Å². The molecule has 0 radical (unpaired) electrons. The first kappa shape index (κ1) is 25.9. The molecule has 1 unspecified atom stereocenters. The number of carbonyl (C=O) groups excluding carboxylic acids is 3. The van der Waals surface area contributed by atoms with Crippen LogP contribution in [-0.4, -0.2) is 43.6 Å². The molecule has 0 aromatic heterocycles. The summed E-state index contributed by atoms with van der Waals surface area (Å²) >= 11 is 2.12. The Morgan fingerprint density at radius 1 is 1.00 bits per heavy atom. The van der Waals surface area contributed by atoms with Gasteiger partial charge >= 0.3 is 0 Å². The topological polar surface area (TPSA) is 118 Å². The predicted molar refractivity (Wildman–Crippen MR) is 139 cm³/mol. The first-order valence-electron chi connectivity index (χ1n) is 10.9. The third-order valence-electron chi connectivity index (χ3n) is 5.83. The number of primary sulfonamides is 1. The Hall–Kier alpha value is -3.16. The van der Waals surface area contributed by atoms with Gasteiger partial charge in [0.1, 0.15) is 11.9 Å². The second-order valence-electron chi connectivity index (χ2n) is 8.21. The highest BCUT2D eigenvalue weighted by Gasteiger charge is 2.44. The van der Waals surface area contributed by atoms with E-state index < -0.39 is 39.6 Å². The van der Waals surface area contributed by atoms with Gasteiger partial charge < -0.3 is 4.90 Å². The van der Waals surface area contributed by atoms with E-state index in [-0.39, 0.29) is 29.8 Å². The van der Waals surface area contributed by atoms with E-state index in [2.05, 4.69) is 22.6 Å². The zero-order valence-electron chi connectivity index (χ0n) is 18.8. The van der Waals surface area contributed by atoms with E-state index in [1.807, 2.05) is 0 Å². The van der Waals surface area contributed by atoms with Crippen molar-refractivity contribution in [3.63, 3.8) is 0 Å². The SMILES string of the molecule is NS(=O)(=O)c1ccc(CCN(C(=O)c2ccc(F)cc2)C2CC(=O)N(c3ccc(I)cc3)C2=O)cc1. The molecular weight excluding hydrogens is 600 g/mol. The lowest BCUT2D eigenvalue weighted by atomic mass is 10.1. The molecule has 0 bridgehead atoms. The fraction of sp³-hybridized carbons (Fsp3) is 0.160. The van der Waals surface area contributed by atoms with Crippen LogP contribution in [0.25, 0.3) is 0 Å². The van der Waals surface area contributed by atoms with Gasteiger partial charge in [-0.2, -0.15) is 0 Å². The number of hydrogen-bond acceptors (Lipinski definition) is 5. The maximum atomic E-state index is 13.4. The second kappa shape index (κ2) is 10.4. The summed E-state index contributed by atoms with van der Waals surface area (Å²) in [5.41, 5.74) is 1.29. The fourth-order valence-electron chi connectivity index (χ4n) is 3.97. The minimum absolute atomic E-state index is 0.0461. The first-order valence-corrected chi connectivity index (χ1v) is 13.5. The number of amides is 3. The lowest BCUT2D eigenvalue weighted by Crippen LogP contribution is -2.46.